The summed E-state index contributed by atoms with van der Waals surface area (Å²) in [5.74, 6) is 0.467. The Hall–Kier alpha value is -2.74. The third kappa shape index (κ3) is 7.96. The van der Waals surface area contributed by atoms with Crippen molar-refractivity contribution in [2.24, 2.45) is 5.10 Å². The number of thioether (sulfide) groups is 1. The minimum absolute atomic E-state index is 0.203. The van der Waals surface area contributed by atoms with Crippen LogP contribution in [0.5, 0.6) is 11.5 Å². The molecule has 3 aromatic carbocycles. The molecule has 0 aliphatic carbocycles. The molecule has 172 valence electrons. The number of halogens is 3. The molecule has 0 fully saturated rings. The van der Waals surface area contributed by atoms with E-state index in [-0.39, 0.29) is 24.1 Å². The molecule has 0 saturated carbocycles. The van der Waals surface area contributed by atoms with E-state index in [1.165, 1.54) is 30.1 Å². The number of hydrogen-bond acceptors (Lipinski definition) is 5. The van der Waals surface area contributed by atoms with Gasteiger partial charge >= 0.3 is 0 Å². The normalized spacial score (nSPS) is 10.9. The zero-order valence-corrected chi connectivity index (χ0v) is 20.0. The molecule has 0 aliphatic heterocycles. The van der Waals surface area contributed by atoms with Crippen molar-refractivity contribution in [1.82, 2.24) is 5.43 Å². The molecule has 0 radical (unpaired) electrons. The quantitative estimate of drug-likeness (QED) is 0.197. The molecule has 0 bridgehead atoms. The maximum atomic E-state index is 13.1. The van der Waals surface area contributed by atoms with Gasteiger partial charge in [-0.25, -0.2) is 9.82 Å². The zero-order valence-electron chi connectivity index (χ0n) is 17.7. The van der Waals surface area contributed by atoms with E-state index in [1.54, 1.807) is 36.4 Å². The topological polar surface area (TPSA) is 59.9 Å². The molecule has 5 nitrogen and oxygen atoms in total. The molecule has 9 heteroatoms. The van der Waals surface area contributed by atoms with E-state index in [0.29, 0.717) is 33.7 Å². The van der Waals surface area contributed by atoms with Crippen molar-refractivity contribution in [3.05, 3.63) is 87.7 Å². The highest BCUT2D eigenvalue weighted by Crippen LogP contribution is 2.37. The van der Waals surface area contributed by atoms with Crippen molar-refractivity contribution in [1.29, 1.82) is 0 Å². The Labute approximate surface area is 205 Å². The number of amides is 1. The number of hydrogen-bond donors (Lipinski definition) is 1. The van der Waals surface area contributed by atoms with Gasteiger partial charge in [0.05, 0.1) is 23.6 Å². The smallest absolute Gasteiger partial charge is 0.250 e. The first-order chi connectivity index (χ1) is 15.9. The van der Waals surface area contributed by atoms with Gasteiger partial charge in [0.2, 0.25) is 5.91 Å². The summed E-state index contributed by atoms with van der Waals surface area (Å²) in [6, 6.07) is 16.6. The van der Waals surface area contributed by atoms with Crippen LogP contribution in [-0.2, 0) is 11.4 Å². The van der Waals surface area contributed by atoms with E-state index in [9.17, 15) is 9.18 Å². The molecule has 3 rings (SSSR count). The first-order valence-electron chi connectivity index (χ1n) is 9.98. The second-order valence-electron chi connectivity index (χ2n) is 6.71. The standard InChI is InChI=1S/C24H21Cl2FN2O3S/c1-2-31-22-12-17(11-21(26)24(22)32-14-16-3-7-19(27)8-4-16)13-28-29-23(30)15-33-20-9-5-18(25)6-10-20/h3-13H,2,14-15H2,1H3,(H,29,30)/b28-13-. The Morgan fingerprint density at radius 3 is 2.52 bits per heavy atom. The van der Waals surface area contributed by atoms with Crippen LogP contribution in [0.2, 0.25) is 10.0 Å². The first kappa shape index (κ1) is 24.9. The molecule has 3 aromatic rings. The molecule has 0 aromatic heterocycles. The molecule has 0 heterocycles. The average Bonchev–Trinajstić information content (AvgIpc) is 2.79. The van der Waals surface area contributed by atoms with E-state index in [1.807, 2.05) is 19.1 Å². The lowest BCUT2D eigenvalue weighted by Crippen LogP contribution is -2.19. The Balaban J connectivity index is 1.60. The van der Waals surface area contributed by atoms with Crippen LogP contribution in [0.25, 0.3) is 0 Å². The van der Waals surface area contributed by atoms with Gasteiger partial charge in [0, 0.05) is 9.92 Å². The van der Waals surface area contributed by atoms with Crippen LogP contribution in [0.4, 0.5) is 4.39 Å². The van der Waals surface area contributed by atoms with Gasteiger partial charge in [-0.05, 0) is 66.6 Å². The number of carbonyl (C=O) groups is 1. The van der Waals surface area contributed by atoms with Crippen LogP contribution in [0.15, 0.2) is 70.7 Å². The Morgan fingerprint density at radius 2 is 1.82 bits per heavy atom. The van der Waals surface area contributed by atoms with Crippen molar-refractivity contribution in [3.8, 4) is 11.5 Å². The number of benzene rings is 3. The van der Waals surface area contributed by atoms with E-state index in [2.05, 4.69) is 10.5 Å². The lowest BCUT2D eigenvalue weighted by molar-refractivity contribution is -0.118. The van der Waals surface area contributed by atoms with Gasteiger partial charge in [0.15, 0.2) is 11.5 Å². The van der Waals surface area contributed by atoms with Crippen molar-refractivity contribution >= 4 is 47.1 Å². The summed E-state index contributed by atoms with van der Waals surface area (Å²) in [5, 5.41) is 4.96. The maximum Gasteiger partial charge on any atom is 0.250 e. The fraction of sp³-hybridized carbons (Fsp3) is 0.167. The van der Waals surface area contributed by atoms with Crippen LogP contribution in [0.3, 0.4) is 0 Å². The SMILES string of the molecule is CCOc1cc(/C=N\NC(=O)CSc2ccc(Cl)cc2)cc(Cl)c1OCc1ccc(F)cc1. The molecule has 0 spiro atoms. The van der Waals surface area contributed by atoms with Crippen molar-refractivity contribution < 1.29 is 18.7 Å². The minimum atomic E-state index is -0.314. The van der Waals surface area contributed by atoms with Gasteiger partial charge < -0.3 is 9.47 Å². The monoisotopic (exact) mass is 506 g/mol. The fourth-order valence-corrected chi connectivity index (χ4v) is 3.78. The zero-order chi connectivity index (χ0) is 23.6. The van der Waals surface area contributed by atoms with Gasteiger partial charge in [-0.1, -0.05) is 35.3 Å². The van der Waals surface area contributed by atoms with E-state index in [0.717, 1.165) is 10.5 Å². The number of ether oxygens (including phenoxy) is 2. The van der Waals surface area contributed by atoms with Crippen molar-refractivity contribution in [3.63, 3.8) is 0 Å². The average molecular weight is 507 g/mol. The summed E-state index contributed by atoms with van der Waals surface area (Å²) in [5.41, 5.74) is 3.91. The summed E-state index contributed by atoms with van der Waals surface area (Å²) in [4.78, 5) is 13.0. The lowest BCUT2D eigenvalue weighted by Gasteiger charge is -2.14. The fourth-order valence-electron chi connectivity index (χ4n) is 2.69. The molecule has 0 atom stereocenters. The summed E-state index contributed by atoms with van der Waals surface area (Å²) in [7, 11) is 0. The summed E-state index contributed by atoms with van der Waals surface area (Å²) >= 11 is 13.6. The van der Waals surface area contributed by atoms with Crippen LogP contribution in [-0.4, -0.2) is 24.5 Å². The molecule has 0 unspecified atom stereocenters. The van der Waals surface area contributed by atoms with Gasteiger partial charge in [-0.2, -0.15) is 5.10 Å². The Morgan fingerprint density at radius 1 is 1.09 bits per heavy atom. The van der Waals surface area contributed by atoms with Crippen LogP contribution in [0.1, 0.15) is 18.1 Å². The number of carbonyl (C=O) groups excluding carboxylic acids is 1. The number of nitrogens with zero attached hydrogens (tertiary/aromatic N) is 1. The van der Waals surface area contributed by atoms with Crippen molar-refractivity contribution in [2.75, 3.05) is 12.4 Å². The van der Waals surface area contributed by atoms with E-state index < -0.39 is 0 Å². The Kier molecular flexibility index (Phi) is 9.42. The number of nitrogens with one attached hydrogen (secondary N) is 1. The predicted molar refractivity (Wildman–Crippen MR) is 131 cm³/mol. The van der Waals surface area contributed by atoms with Gasteiger partial charge in [-0.3, -0.25) is 4.79 Å². The van der Waals surface area contributed by atoms with E-state index in [4.69, 9.17) is 32.7 Å². The van der Waals surface area contributed by atoms with Gasteiger partial charge in [-0.15, -0.1) is 11.8 Å². The molecular formula is C24H21Cl2FN2O3S. The molecule has 0 saturated heterocycles. The summed E-state index contributed by atoms with van der Waals surface area (Å²) in [6.45, 7) is 2.45. The van der Waals surface area contributed by atoms with Crippen LogP contribution < -0.4 is 14.9 Å². The largest absolute Gasteiger partial charge is 0.490 e. The van der Waals surface area contributed by atoms with Crippen molar-refractivity contribution in [2.45, 2.75) is 18.4 Å². The molecule has 0 aliphatic rings. The van der Waals surface area contributed by atoms with Gasteiger partial charge in [0.1, 0.15) is 12.4 Å². The number of hydrazone groups is 1. The molecule has 33 heavy (non-hydrogen) atoms. The van der Waals surface area contributed by atoms with E-state index >= 15 is 0 Å². The third-order valence-electron chi connectivity index (χ3n) is 4.21. The van der Waals surface area contributed by atoms with Crippen LogP contribution in [0, 0.1) is 5.82 Å². The van der Waals surface area contributed by atoms with Gasteiger partial charge in [0.25, 0.3) is 0 Å². The predicted octanol–water partition coefficient (Wildman–Crippen LogP) is 6.35. The third-order valence-corrected chi connectivity index (χ3v) is 5.76. The molecule has 1 N–H and O–H groups in total. The molecular weight excluding hydrogens is 486 g/mol. The highest BCUT2D eigenvalue weighted by Gasteiger charge is 2.13. The highest BCUT2D eigenvalue weighted by molar-refractivity contribution is 8.00. The molecule has 1 amide bonds. The second kappa shape index (κ2) is 12.5. The first-order valence-corrected chi connectivity index (χ1v) is 11.7. The number of rotatable bonds is 10. The lowest BCUT2D eigenvalue weighted by atomic mass is 10.2. The second-order valence-corrected chi connectivity index (χ2v) is 8.61. The summed E-state index contributed by atoms with van der Waals surface area (Å²) < 4.78 is 24.6. The Bertz CT molecular complexity index is 1110. The van der Waals surface area contributed by atoms with Crippen LogP contribution >= 0.6 is 35.0 Å². The maximum absolute atomic E-state index is 13.1. The highest BCUT2D eigenvalue weighted by atomic mass is 35.5. The summed E-state index contributed by atoms with van der Waals surface area (Å²) in [6.07, 6.45) is 1.48. The minimum Gasteiger partial charge on any atom is -0.490 e.